The van der Waals surface area contributed by atoms with Crippen molar-refractivity contribution in [2.45, 2.75) is 32.1 Å². The highest BCUT2D eigenvalue weighted by atomic mass is 15.3. The molecule has 24 heavy (non-hydrogen) atoms. The molecule has 0 aliphatic carbocycles. The molecule has 2 aliphatic heterocycles. The zero-order valence-corrected chi connectivity index (χ0v) is 15.2. The Balaban J connectivity index is 1.60. The molecule has 0 saturated carbocycles. The fourth-order valence-corrected chi connectivity index (χ4v) is 4.01. The highest BCUT2D eigenvalue weighted by molar-refractivity contribution is 5.80. The molecular formula is C20H32N4. The Labute approximate surface area is 146 Å². The van der Waals surface area contributed by atoms with Gasteiger partial charge in [-0.25, -0.2) is 0 Å². The maximum absolute atomic E-state index is 4.99. The second-order valence-electron chi connectivity index (χ2n) is 7.31. The molecule has 1 N–H and O–H groups in total. The maximum Gasteiger partial charge on any atom is 0.193 e. The average molecular weight is 329 g/mol. The number of likely N-dealkylation sites (tertiary alicyclic amines) is 2. The third-order valence-electron chi connectivity index (χ3n) is 5.31. The van der Waals surface area contributed by atoms with Crippen LogP contribution in [-0.2, 0) is 0 Å². The van der Waals surface area contributed by atoms with E-state index in [9.17, 15) is 0 Å². The fourth-order valence-electron chi connectivity index (χ4n) is 4.01. The van der Waals surface area contributed by atoms with E-state index in [-0.39, 0.29) is 0 Å². The van der Waals surface area contributed by atoms with Crippen molar-refractivity contribution in [2.24, 2.45) is 10.9 Å². The summed E-state index contributed by atoms with van der Waals surface area (Å²) in [6.07, 6.45) is 3.85. The number of piperidine rings is 1. The predicted molar refractivity (Wildman–Crippen MR) is 102 cm³/mol. The maximum atomic E-state index is 4.99. The first-order valence-corrected chi connectivity index (χ1v) is 9.53. The number of aliphatic imine (C=N–C) groups is 1. The average Bonchev–Trinajstić information content (AvgIpc) is 3.09. The van der Waals surface area contributed by atoms with E-state index >= 15 is 0 Å². The number of nitrogens with one attached hydrogen (secondary N) is 1. The fraction of sp³-hybridized carbons (Fsp3) is 0.650. The molecule has 3 rings (SSSR count). The van der Waals surface area contributed by atoms with E-state index in [4.69, 9.17) is 4.99 Å². The highest BCUT2D eigenvalue weighted by Crippen LogP contribution is 2.27. The highest BCUT2D eigenvalue weighted by Gasteiger charge is 2.26. The van der Waals surface area contributed by atoms with Gasteiger partial charge in [-0.15, -0.1) is 0 Å². The molecule has 0 spiro atoms. The molecule has 2 heterocycles. The molecule has 4 nitrogen and oxygen atoms in total. The first-order valence-electron chi connectivity index (χ1n) is 9.53. The molecule has 0 amide bonds. The topological polar surface area (TPSA) is 30.9 Å². The van der Waals surface area contributed by atoms with Gasteiger partial charge in [0.1, 0.15) is 0 Å². The van der Waals surface area contributed by atoms with Crippen LogP contribution in [0, 0.1) is 5.92 Å². The molecule has 0 bridgehead atoms. The van der Waals surface area contributed by atoms with E-state index in [1.807, 2.05) is 0 Å². The van der Waals surface area contributed by atoms with E-state index in [0.29, 0.717) is 11.8 Å². The molecular weight excluding hydrogens is 296 g/mol. The Morgan fingerprint density at radius 1 is 1.17 bits per heavy atom. The second-order valence-corrected chi connectivity index (χ2v) is 7.31. The summed E-state index contributed by atoms with van der Waals surface area (Å²) in [4.78, 5) is 9.88. The van der Waals surface area contributed by atoms with Gasteiger partial charge in [0.05, 0.1) is 0 Å². The van der Waals surface area contributed by atoms with Gasteiger partial charge in [-0.2, -0.15) is 0 Å². The second kappa shape index (κ2) is 8.52. The SMILES string of the molecule is CCNC(=NCC1CCCN(C)C1)N1CCC(c2ccccc2)C1. The number of benzene rings is 1. The molecule has 1 aromatic carbocycles. The minimum atomic E-state index is 0.635. The number of guanidine groups is 1. The Morgan fingerprint density at radius 2 is 2.00 bits per heavy atom. The Hall–Kier alpha value is -1.55. The van der Waals surface area contributed by atoms with Crippen molar-refractivity contribution in [1.29, 1.82) is 0 Å². The van der Waals surface area contributed by atoms with Gasteiger partial charge >= 0.3 is 0 Å². The summed E-state index contributed by atoms with van der Waals surface area (Å²) in [5.41, 5.74) is 1.46. The molecule has 0 aromatic heterocycles. The van der Waals surface area contributed by atoms with E-state index in [0.717, 1.165) is 32.1 Å². The summed E-state index contributed by atoms with van der Waals surface area (Å²) in [6, 6.07) is 10.9. The van der Waals surface area contributed by atoms with Crippen LogP contribution in [-0.4, -0.2) is 62.1 Å². The Morgan fingerprint density at radius 3 is 2.75 bits per heavy atom. The number of hydrogen-bond donors (Lipinski definition) is 1. The third kappa shape index (κ3) is 4.50. The van der Waals surface area contributed by atoms with Crippen LogP contribution in [0.15, 0.2) is 35.3 Å². The van der Waals surface area contributed by atoms with Crippen molar-refractivity contribution in [2.75, 3.05) is 46.3 Å². The first kappa shape index (κ1) is 17.3. The van der Waals surface area contributed by atoms with Crippen LogP contribution in [0.4, 0.5) is 0 Å². The molecule has 2 atom stereocenters. The van der Waals surface area contributed by atoms with Gasteiger partial charge in [0.2, 0.25) is 0 Å². The van der Waals surface area contributed by atoms with Crippen molar-refractivity contribution in [3.8, 4) is 0 Å². The van der Waals surface area contributed by atoms with Crippen LogP contribution in [0.1, 0.15) is 37.7 Å². The summed E-state index contributed by atoms with van der Waals surface area (Å²) < 4.78 is 0. The van der Waals surface area contributed by atoms with Gasteiger partial charge in [0.25, 0.3) is 0 Å². The lowest BCUT2D eigenvalue weighted by atomic mass is 9.99. The molecule has 4 heteroatoms. The van der Waals surface area contributed by atoms with Crippen molar-refractivity contribution in [1.82, 2.24) is 15.1 Å². The number of hydrogen-bond acceptors (Lipinski definition) is 2. The minimum Gasteiger partial charge on any atom is -0.357 e. The smallest absolute Gasteiger partial charge is 0.193 e. The zero-order valence-electron chi connectivity index (χ0n) is 15.2. The van der Waals surface area contributed by atoms with Crippen LogP contribution >= 0.6 is 0 Å². The molecule has 1 aromatic rings. The van der Waals surface area contributed by atoms with Crippen LogP contribution in [0.25, 0.3) is 0 Å². The zero-order chi connectivity index (χ0) is 16.8. The van der Waals surface area contributed by atoms with E-state index in [2.05, 4.69) is 59.4 Å². The van der Waals surface area contributed by atoms with Gasteiger partial charge in [-0.3, -0.25) is 4.99 Å². The Kier molecular flexibility index (Phi) is 6.13. The van der Waals surface area contributed by atoms with E-state index < -0.39 is 0 Å². The van der Waals surface area contributed by atoms with Gasteiger partial charge in [-0.05, 0) is 51.3 Å². The van der Waals surface area contributed by atoms with Crippen LogP contribution in [0.2, 0.25) is 0 Å². The normalized spacial score (nSPS) is 25.9. The molecule has 132 valence electrons. The molecule has 0 radical (unpaired) electrons. The van der Waals surface area contributed by atoms with Gasteiger partial charge in [-0.1, -0.05) is 30.3 Å². The van der Waals surface area contributed by atoms with Gasteiger partial charge in [0.15, 0.2) is 5.96 Å². The van der Waals surface area contributed by atoms with Crippen LogP contribution in [0.5, 0.6) is 0 Å². The van der Waals surface area contributed by atoms with E-state index in [1.165, 1.54) is 37.9 Å². The van der Waals surface area contributed by atoms with Crippen LogP contribution in [0.3, 0.4) is 0 Å². The summed E-state index contributed by atoms with van der Waals surface area (Å²) in [5, 5.41) is 3.51. The largest absolute Gasteiger partial charge is 0.357 e. The van der Waals surface area contributed by atoms with Crippen molar-refractivity contribution in [3.63, 3.8) is 0 Å². The summed E-state index contributed by atoms with van der Waals surface area (Å²) in [6.45, 7) is 8.68. The minimum absolute atomic E-state index is 0.635. The lowest BCUT2D eigenvalue weighted by molar-refractivity contribution is 0.214. The summed E-state index contributed by atoms with van der Waals surface area (Å²) >= 11 is 0. The van der Waals surface area contributed by atoms with Crippen molar-refractivity contribution < 1.29 is 0 Å². The molecule has 2 saturated heterocycles. The van der Waals surface area contributed by atoms with E-state index in [1.54, 1.807) is 0 Å². The Bertz CT molecular complexity index is 528. The van der Waals surface area contributed by atoms with Crippen molar-refractivity contribution >= 4 is 5.96 Å². The standard InChI is InChI=1S/C20H32N4/c1-3-21-20(22-14-17-8-7-12-23(2)15-17)24-13-11-19(16-24)18-9-5-4-6-10-18/h4-6,9-10,17,19H,3,7-8,11-16H2,1-2H3,(H,21,22). The lowest BCUT2D eigenvalue weighted by Crippen LogP contribution is -2.41. The summed E-state index contributed by atoms with van der Waals surface area (Å²) in [7, 11) is 2.23. The lowest BCUT2D eigenvalue weighted by Gasteiger charge is -2.29. The first-order chi connectivity index (χ1) is 11.8. The van der Waals surface area contributed by atoms with Crippen molar-refractivity contribution in [3.05, 3.63) is 35.9 Å². The monoisotopic (exact) mass is 328 g/mol. The predicted octanol–water partition coefficient (Wildman–Crippen LogP) is 2.78. The van der Waals surface area contributed by atoms with Crippen LogP contribution < -0.4 is 5.32 Å². The molecule has 2 unspecified atom stereocenters. The van der Waals surface area contributed by atoms with Gasteiger partial charge in [0, 0.05) is 38.6 Å². The number of rotatable bonds is 4. The number of nitrogens with zero attached hydrogens (tertiary/aromatic N) is 3. The molecule has 2 aliphatic rings. The quantitative estimate of drug-likeness (QED) is 0.681. The summed E-state index contributed by atoms with van der Waals surface area (Å²) in [5.74, 6) is 2.46. The molecule has 2 fully saturated rings. The van der Waals surface area contributed by atoms with Gasteiger partial charge < -0.3 is 15.1 Å². The third-order valence-corrected chi connectivity index (χ3v) is 5.31.